The molecule has 0 atom stereocenters. The zero-order valence-electron chi connectivity index (χ0n) is 8.31. The van der Waals surface area contributed by atoms with Crippen LogP contribution in [-0.2, 0) is 11.8 Å². The quantitative estimate of drug-likeness (QED) is 0.729. The van der Waals surface area contributed by atoms with Crippen molar-refractivity contribution in [2.24, 2.45) is 7.05 Å². The summed E-state index contributed by atoms with van der Waals surface area (Å²) in [6.45, 7) is 0. The van der Waals surface area contributed by atoms with Crippen LogP contribution in [0.25, 0.3) is 6.08 Å². The highest BCUT2D eigenvalue weighted by molar-refractivity contribution is 5.66. The van der Waals surface area contributed by atoms with Gasteiger partial charge in [-0.1, -0.05) is 12.2 Å². The summed E-state index contributed by atoms with van der Waals surface area (Å²) in [6.07, 6.45) is 9.81. The maximum atomic E-state index is 10.2. The normalized spacial score (nSPS) is 10.9. The number of nitrogens with zero attached hydrogens (tertiary/aromatic N) is 1. The van der Waals surface area contributed by atoms with Gasteiger partial charge in [-0.3, -0.25) is 4.79 Å². The Morgan fingerprint density at radius 1 is 1.64 bits per heavy atom. The van der Waals surface area contributed by atoms with Gasteiger partial charge in [-0.2, -0.15) is 0 Å². The van der Waals surface area contributed by atoms with Crippen molar-refractivity contribution in [3.8, 4) is 0 Å². The first-order chi connectivity index (χ1) is 6.68. The highest BCUT2D eigenvalue weighted by Crippen LogP contribution is 2.04. The number of rotatable bonds is 5. The monoisotopic (exact) mass is 193 g/mol. The molecule has 1 aromatic heterocycles. The van der Waals surface area contributed by atoms with E-state index < -0.39 is 5.97 Å². The molecule has 3 heteroatoms. The number of aryl methyl sites for hydroxylation is 1. The molecule has 1 rings (SSSR count). The first kappa shape index (κ1) is 10.6. The summed E-state index contributed by atoms with van der Waals surface area (Å²) in [5, 5.41) is 8.41. The number of aliphatic carboxylic acids is 1. The van der Waals surface area contributed by atoms with Gasteiger partial charge < -0.3 is 9.67 Å². The second-order valence-electron chi connectivity index (χ2n) is 3.30. The average molecular weight is 193 g/mol. The number of hydrogen-bond donors (Lipinski definition) is 1. The molecule has 0 bridgehead atoms. The molecule has 0 fully saturated rings. The van der Waals surface area contributed by atoms with Crippen molar-refractivity contribution in [2.75, 3.05) is 0 Å². The molecule has 1 heterocycles. The molecular weight excluding hydrogens is 178 g/mol. The van der Waals surface area contributed by atoms with E-state index in [0.29, 0.717) is 6.42 Å². The fourth-order valence-electron chi connectivity index (χ4n) is 1.21. The van der Waals surface area contributed by atoms with Crippen molar-refractivity contribution in [3.63, 3.8) is 0 Å². The van der Waals surface area contributed by atoms with Gasteiger partial charge in [-0.25, -0.2) is 0 Å². The maximum Gasteiger partial charge on any atom is 0.303 e. The lowest BCUT2D eigenvalue weighted by Gasteiger charge is -1.90. The zero-order valence-corrected chi connectivity index (χ0v) is 8.31. The molecule has 0 spiro atoms. The van der Waals surface area contributed by atoms with Gasteiger partial charge in [0.15, 0.2) is 0 Å². The van der Waals surface area contributed by atoms with Crippen LogP contribution in [0, 0.1) is 0 Å². The van der Waals surface area contributed by atoms with Crippen LogP contribution in [0.1, 0.15) is 24.8 Å². The van der Waals surface area contributed by atoms with Crippen LogP contribution in [0.15, 0.2) is 24.5 Å². The van der Waals surface area contributed by atoms with E-state index in [9.17, 15) is 4.79 Å². The molecule has 0 aromatic carbocycles. The Balaban J connectivity index is 2.24. The van der Waals surface area contributed by atoms with Gasteiger partial charge in [0.1, 0.15) is 0 Å². The molecule has 0 radical (unpaired) electrons. The molecule has 0 aliphatic carbocycles. The van der Waals surface area contributed by atoms with Crippen molar-refractivity contribution in [2.45, 2.75) is 19.3 Å². The Labute approximate surface area is 83.7 Å². The van der Waals surface area contributed by atoms with E-state index in [2.05, 4.69) is 0 Å². The second kappa shape index (κ2) is 5.27. The minimum atomic E-state index is -0.724. The lowest BCUT2D eigenvalue weighted by atomic mass is 10.2. The van der Waals surface area contributed by atoms with Crippen LogP contribution in [-0.4, -0.2) is 15.6 Å². The molecule has 76 valence electrons. The van der Waals surface area contributed by atoms with Crippen molar-refractivity contribution < 1.29 is 9.90 Å². The van der Waals surface area contributed by atoms with E-state index in [0.717, 1.165) is 12.0 Å². The Hall–Kier alpha value is -1.51. The largest absolute Gasteiger partial charge is 0.481 e. The molecule has 0 amide bonds. The lowest BCUT2D eigenvalue weighted by molar-refractivity contribution is -0.137. The van der Waals surface area contributed by atoms with Gasteiger partial charge >= 0.3 is 5.97 Å². The van der Waals surface area contributed by atoms with Gasteiger partial charge in [-0.05, 0) is 24.5 Å². The number of hydrogen-bond acceptors (Lipinski definition) is 1. The summed E-state index contributed by atoms with van der Waals surface area (Å²) in [4.78, 5) is 10.2. The van der Waals surface area contributed by atoms with Crippen molar-refractivity contribution in [3.05, 3.63) is 30.1 Å². The number of carboxylic acids is 1. The van der Waals surface area contributed by atoms with E-state index in [4.69, 9.17) is 5.11 Å². The van der Waals surface area contributed by atoms with E-state index in [1.54, 1.807) is 0 Å². The Bertz CT molecular complexity index is 326. The molecule has 1 N–H and O–H groups in total. The summed E-state index contributed by atoms with van der Waals surface area (Å²) in [6, 6.07) is 2.02. The van der Waals surface area contributed by atoms with E-state index >= 15 is 0 Å². The van der Waals surface area contributed by atoms with Gasteiger partial charge in [0.25, 0.3) is 0 Å². The summed E-state index contributed by atoms with van der Waals surface area (Å²) >= 11 is 0. The zero-order chi connectivity index (χ0) is 10.4. The molecule has 0 aliphatic rings. The van der Waals surface area contributed by atoms with Crippen LogP contribution >= 0.6 is 0 Å². The first-order valence-corrected chi connectivity index (χ1v) is 4.69. The van der Waals surface area contributed by atoms with Crippen LogP contribution in [0.2, 0.25) is 0 Å². The number of unbranched alkanes of at least 4 members (excludes halogenated alkanes) is 1. The molecular formula is C11H15NO2. The molecule has 1 aromatic rings. The van der Waals surface area contributed by atoms with Crippen LogP contribution in [0.4, 0.5) is 0 Å². The molecule has 0 saturated carbocycles. The first-order valence-electron chi connectivity index (χ1n) is 4.69. The summed E-state index contributed by atoms with van der Waals surface area (Å²) in [5.74, 6) is -0.724. The fourth-order valence-corrected chi connectivity index (χ4v) is 1.21. The van der Waals surface area contributed by atoms with E-state index in [1.165, 1.54) is 0 Å². The lowest BCUT2D eigenvalue weighted by Crippen LogP contribution is -1.92. The van der Waals surface area contributed by atoms with Crippen molar-refractivity contribution >= 4 is 12.0 Å². The third-order valence-electron chi connectivity index (χ3n) is 1.93. The van der Waals surface area contributed by atoms with Crippen molar-refractivity contribution in [1.29, 1.82) is 0 Å². The fraction of sp³-hybridized carbons (Fsp3) is 0.364. The highest BCUT2D eigenvalue weighted by Gasteiger charge is 1.93. The van der Waals surface area contributed by atoms with Gasteiger partial charge in [0.05, 0.1) is 0 Å². The second-order valence-corrected chi connectivity index (χ2v) is 3.30. The van der Waals surface area contributed by atoms with E-state index in [1.807, 2.05) is 42.2 Å². The van der Waals surface area contributed by atoms with Crippen molar-refractivity contribution in [1.82, 2.24) is 4.57 Å². The Kier molecular flexibility index (Phi) is 3.98. The topological polar surface area (TPSA) is 42.2 Å². The Morgan fingerprint density at radius 2 is 2.43 bits per heavy atom. The van der Waals surface area contributed by atoms with Gasteiger partial charge in [-0.15, -0.1) is 0 Å². The van der Waals surface area contributed by atoms with Gasteiger partial charge in [0, 0.05) is 25.9 Å². The standard InChI is InChI=1S/C11H15NO2/c1-12-8-7-10(9-12)5-3-2-4-6-11(13)14/h3,5,7-9H,2,4,6H2,1H3,(H,13,14)/b5-3+. The third-order valence-corrected chi connectivity index (χ3v) is 1.93. The molecule has 3 nitrogen and oxygen atoms in total. The molecule has 14 heavy (non-hydrogen) atoms. The number of carbonyl (C=O) groups is 1. The summed E-state index contributed by atoms with van der Waals surface area (Å²) < 4.78 is 1.98. The summed E-state index contributed by atoms with van der Waals surface area (Å²) in [5.41, 5.74) is 1.16. The van der Waals surface area contributed by atoms with E-state index in [-0.39, 0.29) is 6.42 Å². The van der Waals surface area contributed by atoms with Crippen LogP contribution in [0.5, 0.6) is 0 Å². The smallest absolute Gasteiger partial charge is 0.303 e. The number of aromatic nitrogens is 1. The molecule has 0 saturated heterocycles. The number of carboxylic acid groups (broad SMARTS) is 1. The molecule has 0 unspecified atom stereocenters. The predicted octanol–water partition coefficient (Wildman–Crippen LogP) is 2.29. The van der Waals surface area contributed by atoms with Crippen LogP contribution < -0.4 is 0 Å². The predicted molar refractivity (Wildman–Crippen MR) is 55.9 cm³/mol. The maximum absolute atomic E-state index is 10.2. The van der Waals surface area contributed by atoms with Crippen LogP contribution in [0.3, 0.4) is 0 Å². The third kappa shape index (κ3) is 3.94. The SMILES string of the molecule is Cn1ccc(/C=C/CCCC(=O)O)c1. The summed E-state index contributed by atoms with van der Waals surface area (Å²) in [7, 11) is 1.97. The minimum absolute atomic E-state index is 0.249. The van der Waals surface area contributed by atoms with Gasteiger partial charge in [0.2, 0.25) is 0 Å². The number of allylic oxidation sites excluding steroid dienone is 1. The molecule has 0 aliphatic heterocycles. The average Bonchev–Trinajstić information content (AvgIpc) is 2.50. The highest BCUT2D eigenvalue weighted by atomic mass is 16.4. The minimum Gasteiger partial charge on any atom is -0.481 e. The Morgan fingerprint density at radius 3 is 3.00 bits per heavy atom.